The van der Waals surface area contributed by atoms with Gasteiger partial charge in [0.25, 0.3) is 0 Å². The maximum absolute atomic E-state index is 13.1. The normalized spacial score (nSPS) is 18.4. The van der Waals surface area contributed by atoms with Gasteiger partial charge in [-0.15, -0.1) is 10.2 Å². The molecule has 9 nitrogen and oxygen atoms in total. The second-order valence-corrected chi connectivity index (χ2v) is 9.30. The van der Waals surface area contributed by atoms with E-state index in [4.69, 9.17) is 9.47 Å². The van der Waals surface area contributed by atoms with Crippen molar-refractivity contribution in [1.29, 1.82) is 0 Å². The number of methoxy groups -OCH3 is 1. The first-order chi connectivity index (χ1) is 15.2. The number of rotatable bonds is 4. The predicted molar refractivity (Wildman–Crippen MR) is 117 cm³/mol. The average molecular weight is 442 g/mol. The molecule has 1 atom stereocenters. The monoisotopic (exact) mass is 441 g/mol. The molecule has 2 amide bonds. The van der Waals surface area contributed by atoms with E-state index in [1.165, 1.54) is 0 Å². The number of carbonyl (C=O) groups is 2. The Balaban J connectivity index is 1.45. The number of ether oxygens (including phenoxy) is 2. The van der Waals surface area contributed by atoms with Gasteiger partial charge in [-0.1, -0.05) is 12.1 Å². The third kappa shape index (κ3) is 4.71. The van der Waals surface area contributed by atoms with Crippen molar-refractivity contribution in [3.63, 3.8) is 0 Å². The number of carbonyl (C=O) groups excluding carboxylic acids is 2. The van der Waals surface area contributed by atoms with Gasteiger partial charge in [-0.3, -0.25) is 9.69 Å². The molecule has 1 aromatic carbocycles. The largest absolute Gasteiger partial charge is 0.497 e. The molecular weight excluding hydrogens is 410 g/mol. The van der Waals surface area contributed by atoms with Crippen LogP contribution in [0.25, 0.3) is 0 Å². The summed E-state index contributed by atoms with van der Waals surface area (Å²) >= 11 is 0. The van der Waals surface area contributed by atoms with E-state index in [1.54, 1.807) is 12.0 Å². The molecule has 9 heteroatoms. The third-order valence-corrected chi connectivity index (χ3v) is 5.82. The summed E-state index contributed by atoms with van der Waals surface area (Å²) in [5.41, 5.74) is 0.417. The molecule has 1 fully saturated rings. The van der Waals surface area contributed by atoms with Crippen molar-refractivity contribution in [2.24, 2.45) is 0 Å². The molecule has 0 bridgehead atoms. The van der Waals surface area contributed by atoms with Crippen LogP contribution in [0.15, 0.2) is 24.3 Å². The van der Waals surface area contributed by atoms with Gasteiger partial charge < -0.3 is 18.9 Å². The van der Waals surface area contributed by atoms with Crippen molar-refractivity contribution in [3.8, 4) is 5.75 Å². The molecule has 2 aliphatic heterocycles. The molecule has 0 spiro atoms. The summed E-state index contributed by atoms with van der Waals surface area (Å²) in [6.07, 6.45) is 1.80. The minimum atomic E-state index is -0.540. The van der Waals surface area contributed by atoms with Gasteiger partial charge >= 0.3 is 6.09 Å². The van der Waals surface area contributed by atoms with E-state index in [9.17, 15) is 9.59 Å². The Morgan fingerprint density at radius 2 is 1.84 bits per heavy atom. The zero-order valence-electron chi connectivity index (χ0n) is 19.2. The number of benzene rings is 1. The maximum atomic E-state index is 13.1. The third-order valence-electron chi connectivity index (χ3n) is 5.82. The van der Waals surface area contributed by atoms with Crippen molar-refractivity contribution in [2.45, 2.75) is 64.8 Å². The smallest absolute Gasteiger partial charge is 0.410 e. The van der Waals surface area contributed by atoms with Gasteiger partial charge in [0.05, 0.1) is 26.1 Å². The minimum Gasteiger partial charge on any atom is -0.497 e. The summed E-state index contributed by atoms with van der Waals surface area (Å²) in [5.74, 6) is 2.40. The van der Waals surface area contributed by atoms with E-state index < -0.39 is 5.60 Å². The summed E-state index contributed by atoms with van der Waals surface area (Å²) in [6, 6.07) is 7.50. The molecule has 4 rings (SSSR count). The number of fused-ring (bicyclic) bond motifs is 1. The molecule has 32 heavy (non-hydrogen) atoms. The van der Waals surface area contributed by atoms with E-state index in [0.717, 1.165) is 35.8 Å². The van der Waals surface area contributed by atoms with Crippen LogP contribution in [0.4, 0.5) is 4.79 Å². The second-order valence-electron chi connectivity index (χ2n) is 9.30. The molecule has 2 aromatic rings. The summed E-state index contributed by atoms with van der Waals surface area (Å²) in [6.45, 7) is 7.75. The maximum Gasteiger partial charge on any atom is 0.410 e. The molecule has 1 unspecified atom stereocenters. The van der Waals surface area contributed by atoms with Gasteiger partial charge in [0.1, 0.15) is 11.4 Å². The summed E-state index contributed by atoms with van der Waals surface area (Å²) in [7, 11) is 1.63. The number of amides is 2. The molecule has 0 N–H and O–H groups in total. The summed E-state index contributed by atoms with van der Waals surface area (Å²) in [5, 5.41) is 8.77. The lowest BCUT2D eigenvalue weighted by molar-refractivity contribution is -0.131. The van der Waals surface area contributed by atoms with Gasteiger partial charge in [-0.2, -0.15) is 0 Å². The Bertz CT molecular complexity index is 979. The average Bonchev–Trinajstić information content (AvgIpc) is 3.39. The lowest BCUT2D eigenvalue weighted by Crippen LogP contribution is -2.42. The van der Waals surface area contributed by atoms with Crippen LogP contribution in [0.3, 0.4) is 0 Å². The fourth-order valence-corrected chi connectivity index (χ4v) is 4.26. The van der Waals surface area contributed by atoms with Gasteiger partial charge in [0.2, 0.25) is 5.91 Å². The lowest BCUT2D eigenvalue weighted by atomic mass is 10.1. The summed E-state index contributed by atoms with van der Waals surface area (Å²) in [4.78, 5) is 29.1. The zero-order valence-corrected chi connectivity index (χ0v) is 19.2. The molecule has 172 valence electrons. The minimum absolute atomic E-state index is 0.0845. The highest BCUT2D eigenvalue weighted by atomic mass is 16.6. The first-order valence-corrected chi connectivity index (χ1v) is 11.1. The van der Waals surface area contributed by atoms with E-state index in [2.05, 4.69) is 14.8 Å². The number of nitrogens with zero attached hydrogens (tertiary/aromatic N) is 5. The summed E-state index contributed by atoms with van der Waals surface area (Å²) < 4.78 is 12.7. The fraction of sp³-hybridized carbons (Fsp3) is 0.565. The standard InChI is InChI=1S/C23H31N5O4/c1-23(2,3)32-22(30)26-12-13-28-19(15-26)24-25-21(28)18-6-5-11-27(18)20(29)14-16-7-9-17(31-4)10-8-16/h7-10,18H,5-6,11-15H2,1-4H3. The van der Waals surface area contributed by atoms with Crippen LogP contribution in [-0.4, -0.2) is 62.4 Å². The Hall–Kier alpha value is -3.10. The van der Waals surface area contributed by atoms with Gasteiger partial charge in [-0.25, -0.2) is 4.79 Å². The molecule has 0 aliphatic carbocycles. The number of hydrogen-bond acceptors (Lipinski definition) is 6. The van der Waals surface area contributed by atoms with Crippen molar-refractivity contribution in [3.05, 3.63) is 41.5 Å². The van der Waals surface area contributed by atoms with Gasteiger partial charge in [-0.05, 0) is 51.3 Å². The Kier molecular flexibility index (Phi) is 6.08. The van der Waals surface area contributed by atoms with Crippen LogP contribution >= 0.6 is 0 Å². The van der Waals surface area contributed by atoms with Crippen LogP contribution in [0, 0.1) is 0 Å². The lowest BCUT2D eigenvalue weighted by Gasteiger charge is -2.31. The second kappa shape index (κ2) is 8.80. The van der Waals surface area contributed by atoms with Crippen LogP contribution in [0.5, 0.6) is 5.75 Å². The highest BCUT2D eigenvalue weighted by Crippen LogP contribution is 2.33. The zero-order chi connectivity index (χ0) is 22.9. The first-order valence-electron chi connectivity index (χ1n) is 11.1. The molecule has 1 saturated heterocycles. The molecule has 0 saturated carbocycles. The fourth-order valence-electron chi connectivity index (χ4n) is 4.26. The van der Waals surface area contributed by atoms with Crippen LogP contribution in [0.2, 0.25) is 0 Å². The van der Waals surface area contributed by atoms with Crippen molar-refractivity contribution in [1.82, 2.24) is 24.6 Å². The van der Waals surface area contributed by atoms with Crippen molar-refractivity contribution < 1.29 is 19.1 Å². The first kappa shape index (κ1) is 22.1. The molecule has 0 radical (unpaired) electrons. The molecular formula is C23H31N5O4. The highest BCUT2D eigenvalue weighted by molar-refractivity contribution is 5.79. The molecule has 3 heterocycles. The Morgan fingerprint density at radius 3 is 2.53 bits per heavy atom. The molecule has 2 aliphatic rings. The van der Waals surface area contributed by atoms with Crippen molar-refractivity contribution in [2.75, 3.05) is 20.2 Å². The quantitative estimate of drug-likeness (QED) is 0.725. The van der Waals surface area contributed by atoms with Gasteiger partial charge in [0.15, 0.2) is 11.6 Å². The number of hydrogen-bond donors (Lipinski definition) is 0. The Labute approximate surface area is 188 Å². The van der Waals surface area contributed by atoms with Crippen molar-refractivity contribution >= 4 is 12.0 Å². The van der Waals surface area contributed by atoms with E-state index in [-0.39, 0.29) is 18.0 Å². The Morgan fingerprint density at radius 1 is 1.09 bits per heavy atom. The highest BCUT2D eigenvalue weighted by Gasteiger charge is 2.36. The van der Waals surface area contributed by atoms with E-state index in [0.29, 0.717) is 32.6 Å². The van der Waals surface area contributed by atoms with Gasteiger partial charge in [0, 0.05) is 19.6 Å². The topological polar surface area (TPSA) is 89.8 Å². The van der Waals surface area contributed by atoms with E-state index in [1.807, 2.05) is 49.9 Å². The van der Waals surface area contributed by atoms with Crippen LogP contribution < -0.4 is 4.74 Å². The molecule has 1 aromatic heterocycles. The SMILES string of the molecule is COc1ccc(CC(=O)N2CCCC2c2nnc3n2CCN(C(=O)OC(C)(C)C)C3)cc1. The van der Waals surface area contributed by atoms with Crippen LogP contribution in [0.1, 0.15) is 56.9 Å². The van der Waals surface area contributed by atoms with Crippen LogP contribution in [-0.2, 0) is 29.0 Å². The number of aromatic nitrogens is 3. The predicted octanol–water partition coefficient (Wildman–Crippen LogP) is 2.94. The number of likely N-dealkylation sites (tertiary alicyclic amines) is 1. The van der Waals surface area contributed by atoms with E-state index >= 15 is 0 Å².